The molecule has 0 spiro atoms. The molecule has 1 aliphatic heterocycles. The Bertz CT molecular complexity index is 300. The van der Waals surface area contributed by atoms with Crippen LogP contribution in [0.1, 0.15) is 0 Å². The van der Waals surface area contributed by atoms with Gasteiger partial charge in [-0.25, -0.2) is 0 Å². The zero-order valence-electron chi connectivity index (χ0n) is 5.63. The summed E-state index contributed by atoms with van der Waals surface area (Å²) in [6, 6.07) is 7.59. The van der Waals surface area contributed by atoms with E-state index in [2.05, 4.69) is 10.0 Å². The lowest BCUT2D eigenvalue weighted by Crippen LogP contribution is -2.13. The largest absolute Gasteiger partial charge is 0.320 e. The molecule has 2 rings (SSSR count). The van der Waals surface area contributed by atoms with E-state index in [4.69, 9.17) is 0 Å². The highest BCUT2D eigenvalue weighted by molar-refractivity contribution is 8.15. The van der Waals surface area contributed by atoms with Crippen molar-refractivity contribution in [2.45, 2.75) is 0 Å². The number of para-hydroxylation sites is 2. The van der Waals surface area contributed by atoms with Crippen molar-refractivity contribution < 1.29 is 4.79 Å². The van der Waals surface area contributed by atoms with Crippen LogP contribution in [0.3, 0.4) is 0 Å². The van der Waals surface area contributed by atoms with Crippen LogP contribution in [0.5, 0.6) is 0 Å². The van der Waals surface area contributed by atoms with Gasteiger partial charge in [-0.3, -0.25) is 4.79 Å². The highest BCUT2D eigenvalue weighted by Gasteiger charge is 2.12. The molecule has 1 heterocycles. The highest BCUT2D eigenvalue weighted by atomic mass is 32.2. The van der Waals surface area contributed by atoms with Crippen LogP contribution in [0.2, 0.25) is 0 Å². The number of hydrogen-bond acceptors (Lipinski definition) is 3. The topological polar surface area (TPSA) is 41.1 Å². The summed E-state index contributed by atoms with van der Waals surface area (Å²) < 4.78 is 2.92. The Kier molecular flexibility index (Phi) is 1.47. The summed E-state index contributed by atoms with van der Waals surface area (Å²) in [6.45, 7) is 0. The Balaban J connectivity index is 2.41. The van der Waals surface area contributed by atoms with Crippen LogP contribution < -0.4 is 10.0 Å². The van der Waals surface area contributed by atoms with Gasteiger partial charge in [0.2, 0.25) is 0 Å². The van der Waals surface area contributed by atoms with Crippen molar-refractivity contribution in [1.82, 2.24) is 0 Å². The van der Waals surface area contributed by atoms with Crippen molar-refractivity contribution >= 4 is 28.6 Å². The van der Waals surface area contributed by atoms with Gasteiger partial charge in [-0.15, -0.1) is 0 Å². The van der Waals surface area contributed by atoms with Crippen molar-refractivity contribution in [3.8, 4) is 0 Å². The first-order valence-corrected chi connectivity index (χ1v) is 4.01. The van der Waals surface area contributed by atoms with E-state index in [1.807, 2.05) is 24.3 Å². The minimum Gasteiger partial charge on any atom is -0.320 e. The lowest BCUT2D eigenvalue weighted by molar-refractivity contribution is 0.269. The molecule has 0 radical (unpaired) electrons. The van der Waals surface area contributed by atoms with Crippen molar-refractivity contribution in [2.24, 2.45) is 0 Å². The molecule has 1 aromatic carbocycles. The maximum absolute atomic E-state index is 10.8. The van der Waals surface area contributed by atoms with E-state index in [0.717, 1.165) is 23.3 Å². The molecule has 1 amide bonds. The Hall–Kier alpha value is -1.16. The van der Waals surface area contributed by atoms with Gasteiger partial charge < -0.3 is 10.0 Å². The van der Waals surface area contributed by atoms with Crippen LogP contribution in [0.15, 0.2) is 24.3 Å². The Labute approximate surface area is 68.3 Å². The number of amides is 1. The standard InChI is InChI=1S/C7H6N2OS/c10-7-8-5-3-1-2-4-6(5)9-11-7/h1-4,9H,(H,8,10). The summed E-state index contributed by atoms with van der Waals surface area (Å²) in [5.74, 6) is 0. The van der Waals surface area contributed by atoms with Gasteiger partial charge in [-0.1, -0.05) is 12.1 Å². The number of carbonyl (C=O) groups is 1. The van der Waals surface area contributed by atoms with Crippen LogP contribution >= 0.6 is 11.9 Å². The first-order valence-electron chi connectivity index (χ1n) is 3.19. The molecule has 11 heavy (non-hydrogen) atoms. The summed E-state index contributed by atoms with van der Waals surface area (Å²) in [6.07, 6.45) is 0. The van der Waals surface area contributed by atoms with E-state index in [-0.39, 0.29) is 5.24 Å². The number of rotatable bonds is 0. The van der Waals surface area contributed by atoms with Crippen LogP contribution in [-0.2, 0) is 0 Å². The summed E-state index contributed by atoms with van der Waals surface area (Å²) in [5, 5.41) is 2.66. The molecular weight excluding hydrogens is 160 g/mol. The molecule has 0 atom stereocenters. The average molecular weight is 166 g/mol. The Morgan fingerprint density at radius 3 is 2.73 bits per heavy atom. The van der Waals surface area contributed by atoms with E-state index in [1.165, 1.54) is 0 Å². The molecule has 0 fully saturated rings. The maximum Gasteiger partial charge on any atom is 0.304 e. The van der Waals surface area contributed by atoms with Crippen molar-refractivity contribution in [3.05, 3.63) is 24.3 Å². The fourth-order valence-electron chi connectivity index (χ4n) is 0.918. The lowest BCUT2D eigenvalue weighted by Gasteiger charge is -2.16. The number of nitrogens with one attached hydrogen (secondary N) is 2. The van der Waals surface area contributed by atoms with Crippen molar-refractivity contribution in [3.63, 3.8) is 0 Å². The molecule has 0 saturated carbocycles. The number of carbonyl (C=O) groups excluding carboxylic acids is 1. The zero-order chi connectivity index (χ0) is 7.68. The summed E-state index contributed by atoms with van der Waals surface area (Å²) in [4.78, 5) is 10.8. The van der Waals surface area contributed by atoms with Crippen LogP contribution in [0.25, 0.3) is 0 Å². The van der Waals surface area contributed by atoms with Gasteiger partial charge in [-0.2, -0.15) is 0 Å². The third-order valence-corrected chi connectivity index (χ3v) is 2.03. The molecule has 0 bridgehead atoms. The number of fused-ring (bicyclic) bond motifs is 1. The van der Waals surface area contributed by atoms with Gasteiger partial charge in [-0.05, 0) is 12.1 Å². The monoisotopic (exact) mass is 166 g/mol. The molecule has 0 aromatic heterocycles. The third-order valence-electron chi connectivity index (χ3n) is 1.42. The second-order valence-corrected chi connectivity index (χ2v) is 2.94. The predicted octanol–water partition coefficient (Wildman–Crippen LogP) is 2.29. The SMILES string of the molecule is O=C1Nc2ccccc2NS1. The first-order chi connectivity index (χ1) is 5.36. The van der Waals surface area contributed by atoms with Crippen molar-refractivity contribution in [2.75, 3.05) is 10.0 Å². The van der Waals surface area contributed by atoms with Crippen LogP contribution in [-0.4, -0.2) is 5.24 Å². The van der Waals surface area contributed by atoms with Crippen LogP contribution in [0, 0.1) is 0 Å². The molecule has 0 unspecified atom stereocenters. The van der Waals surface area contributed by atoms with Gasteiger partial charge in [0, 0.05) is 11.9 Å². The lowest BCUT2D eigenvalue weighted by atomic mass is 10.3. The van der Waals surface area contributed by atoms with Gasteiger partial charge in [0.15, 0.2) is 0 Å². The molecule has 3 nitrogen and oxygen atoms in total. The number of benzene rings is 1. The van der Waals surface area contributed by atoms with Gasteiger partial charge in [0.1, 0.15) is 0 Å². The zero-order valence-corrected chi connectivity index (χ0v) is 6.44. The predicted molar refractivity (Wildman–Crippen MR) is 46.7 cm³/mol. The third kappa shape index (κ3) is 1.17. The summed E-state index contributed by atoms with van der Waals surface area (Å²) in [7, 11) is 0. The molecule has 2 N–H and O–H groups in total. The van der Waals surface area contributed by atoms with Gasteiger partial charge in [0.05, 0.1) is 11.4 Å². The van der Waals surface area contributed by atoms with Crippen LogP contribution in [0.4, 0.5) is 16.2 Å². The number of anilines is 2. The minimum absolute atomic E-state index is 0.0660. The van der Waals surface area contributed by atoms with Gasteiger partial charge >= 0.3 is 5.24 Å². The summed E-state index contributed by atoms with van der Waals surface area (Å²) in [5.41, 5.74) is 1.80. The minimum atomic E-state index is -0.0660. The van der Waals surface area contributed by atoms with E-state index < -0.39 is 0 Å². The maximum atomic E-state index is 10.8. The first kappa shape index (κ1) is 6.54. The Morgan fingerprint density at radius 1 is 1.18 bits per heavy atom. The average Bonchev–Trinajstić information content (AvgIpc) is 2.04. The second kappa shape index (κ2) is 2.47. The molecule has 1 aliphatic rings. The molecule has 1 aromatic rings. The summed E-state index contributed by atoms with van der Waals surface area (Å²) >= 11 is 1.06. The quantitative estimate of drug-likeness (QED) is 0.581. The molecule has 4 heteroatoms. The smallest absolute Gasteiger partial charge is 0.304 e. The molecule has 0 aliphatic carbocycles. The van der Waals surface area contributed by atoms with E-state index in [0.29, 0.717) is 0 Å². The molecular formula is C7H6N2OS. The normalized spacial score (nSPS) is 14.7. The second-order valence-electron chi connectivity index (χ2n) is 2.16. The fourth-order valence-corrected chi connectivity index (χ4v) is 1.46. The number of hydrogen-bond donors (Lipinski definition) is 2. The van der Waals surface area contributed by atoms with Crippen molar-refractivity contribution in [1.29, 1.82) is 0 Å². The van der Waals surface area contributed by atoms with E-state index in [1.54, 1.807) is 0 Å². The van der Waals surface area contributed by atoms with E-state index >= 15 is 0 Å². The Morgan fingerprint density at radius 2 is 1.91 bits per heavy atom. The fraction of sp³-hybridized carbons (Fsp3) is 0. The molecule has 56 valence electrons. The highest BCUT2D eigenvalue weighted by Crippen LogP contribution is 2.29. The van der Waals surface area contributed by atoms with E-state index in [9.17, 15) is 4.79 Å². The molecule has 0 saturated heterocycles. The van der Waals surface area contributed by atoms with Gasteiger partial charge in [0.25, 0.3) is 0 Å².